The van der Waals surface area contributed by atoms with Gasteiger partial charge < -0.3 is 20.5 Å². The molecular formula is C14H22N2O3. The highest BCUT2D eigenvalue weighted by atomic mass is 16.5. The van der Waals surface area contributed by atoms with Crippen LogP contribution in [0, 0.1) is 6.92 Å². The Balaban J connectivity index is 2.71. The van der Waals surface area contributed by atoms with Crippen molar-refractivity contribution in [1.82, 2.24) is 5.32 Å². The number of nitrogens with two attached hydrogens (primary N) is 1. The summed E-state index contributed by atoms with van der Waals surface area (Å²) in [5.41, 5.74) is 6.41. The molecule has 19 heavy (non-hydrogen) atoms. The molecule has 106 valence electrons. The van der Waals surface area contributed by atoms with Crippen LogP contribution in [0.2, 0.25) is 0 Å². The number of benzene rings is 1. The zero-order valence-electron chi connectivity index (χ0n) is 11.9. The molecule has 1 amide bonds. The van der Waals surface area contributed by atoms with Gasteiger partial charge in [0.25, 0.3) is 0 Å². The second kappa shape index (κ2) is 6.99. The topological polar surface area (TPSA) is 73.6 Å². The van der Waals surface area contributed by atoms with E-state index in [1.807, 2.05) is 39.0 Å². The summed E-state index contributed by atoms with van der Waals surface area (Å²) in [4.78, 5) is 11.3. The van der Waals surface area contributed by atoms with Crippen LogP contribution < -0.4 is 20.5 Å². The van der Waals surface area contributed by atoms with Crippen molar-refractivity contribution in [3.63, 3.8) is 0 Å². The number of hydrogen-bond donors (Lipinski definition) is 2. The summed E-state index contributed by atoms with van der Waals surface area (Å²) < 4.78 is 10.9. The molecule has 3 N–H and O–H groups in total. The van der Waals surface area contributed by atoms with Gasteiger partial charge in [-0.1, -0.05) is 19.9 Å². The predicted octanol–water partition coefficient (Wildman–Crippen LogP) is 1.23. The standard InChI is InChI=1S/C14H22N2O3/c1-9(2)16-11(14(15)17)8-19-12-6-5-10(3)7-13(12)18-4/h5-7,9,11,16H,8H2,1-4H3,(H2,15,17). The largest absolute Gasteiger partial charge is 0.493 e. The predicted molar refractivity (Wildman–Crippen MR) is 74.5 cm³/mol. The Kier molecular flexibility index (Phi) is 5.63. The van der Waals surface area contributed by atoms with Crippen molar-refractivity contribution >= 4 is 5.91 Å². The molecule has 0 saturated carbocycles. The normalized spacial score (nSPS) is 12.3. The van der Waals surface area contributed by atoms with Crippen LogP contribution >= 0.6 is 0 Å². The third kappa shape index (κ3) is 4.79. The van der Waals surface area contributed by atoms with Crippen molar-refractivity contribution in [2.75, 3.05) is 13.7 Å². The highest BCUT2D eigenvalue weighted by Crippen LogP contribution is 2.27. The fourth-order valence-corrected chi connectivity index (χ4v) is 1.68. The number of hydrogen-bond acceptors (Lipinski definition) is 4. The monoisotopic (exact) mass is 266 g/mol. The molecule has 0 bridgehead atoms. The number of carbonyl (C=O) groups is 1. The minimum absolute atomic E-state index is 0.154. The number of aryl methyl sites for hydroxylation is 1. The zero-order valence-corrected chi connectivity index (χ0v) is 11.9. The molecule has 0 aliphatic rings. The number of amides is 1. The highest BCUT2D eigenvalue weighted by Gasteiger charge is 2.17. The van der Waals surface area contributed by atoms with Gasteiger partial charge in [-0.2, -0.15) is 0 Å². The quantitative estimate of drug-likeness (QED) is 0.778. The van der Waals surface area contributed by atoms with Gasteiger partial charge in [0.1, 0.15) is 12.6 Å². The van der Waals surface area contributed by atoms with Crippen molar-refractivity contribution in [3.05, 3.63) is 23.8 Å². The van der Waals surface area contributed by atoms with Gasteiger partial charge >= 0.3 is 0 Å². The van der Waals surface area contributed by atoms with E-state index in [0.717, 1.165) is 5.56 Å². The van der Waals surface area contributed by atoms with E-state index in [4.69, 9.17) is 15.2 Å². The van der Waals surface area contributed by atoms with Gasteiger partial charge in [0.15, 0.2) is 11.5 Å². The van der Waals surface area contributed by atoms with Gasteiger partial charge in [-0.15, -0.1) is 0 Å². The van der Waals surface area contributed by atoms with Crippen molar-refractivity contribution in [3.8, 4) is 11.5 Å². The van der Waals surface area contributed by atoms with E-state index in [1.54, 1.807) is 7.11 Å². The Morgan fingerprint density at radius 2 is 2.05 bits per heavy atom. The van der Waals surface area contributed by atoms with E-state index in [-0.39, 0.29) is 12.6 Å². The van der Waals surface area contributed by atoms with E-state index in [9.17, 15) is 4.79 Å². The first kappa shape index (κ1) is 15.3. The first-order chi connectivity index (χ1) is 8.93. The average molecular weight is 266 g/mol. The molecule has 1 aromatic rings. The summed E-state index contributed by atoms with van der Waals surface area (Å²) in [6.07, 6.45) is 0. The molecule has 1 rings (SSSR count). The van der Waals surface area contributed by atoms with Gasteiger partial charge in [0.2, 0.25) is 5.91 Å². The molecule has 1 aromatic carbocycles. The molecule has 1 atom stereocenters. The van der Waals surface area contributed by atoms with Crippen LogP contribution in [0.3, 0.4) is 0 Å². The maximum Gasteiger partial charge on any atom is 0.238 e. The second-order valence-electron chi connectivity index (χ2n) is 4.74. The molecule has 0 heterocycles. The molecule has 0 aliphatic carbocycles. The van der Waals surface area contributed by atoms with E-state index >= 15 is 0 Å². The fraction of sp³-hybridized carbons (Fsp3) is 0.500. The van der Waals surface area contributed by atoms with E-state index < -0.39 is 11.9 Å². The number of primary amides is 1. The summed E-state index contributed by atoms with van der Waals surface area (Å²) >= 11 is 0. The number of rotatable bonds is 7. The lowest BCUT2D eigenvalue weighted by atomic mass is 10.2. The third-order valence-electron chi connectivity index (χ3n) is 2.60. The van der Waals surface area contributed by atoms with Gasteiger partial charge in [-0.05, 0) is 24.6 Å². The molecular weight excluding hydrogens is 244 g/mol. The third-order valence-corrected chi connectivity index (χ3v) is 2.60. The summed E-state index contributed by atoms with van der Waals surface area (Å²) in [5.74, 6) is 0.817. The van der Waals surface area contributed by atoms with Crippen LogP contribution in [0.15, 0.2) is 18.2 Å². The van der Waals surface area contributed by atoms with E-state index in [2.05, 4.69) is 5.32 Å². The van der Waals surface area contributed by atoms with Crippen LogP contribution in [0.5, 0.6) is 11.5 Å². The summed E-state index contributed by atoms with van der Waals surface area (Å²) in [6, 6.07) is 5.26. The van der Waals surface area contributed by atoms with Crippen molar-refractivity contribution in [1.29, 1.82) is 0 Å². The van der Waals surface area contributed by atoms with Gasteiger partial charge in [0.05, 0.1) is 7.11 Å². The minimum atomic E-state index is -0.522. The average Bonchev–Trinajstić information content (AvgIpc) is 2.34. The van der Waals surface area contributed by atoms with Gasteiger partial charge in [0, 0.05) is 6.04 Å². The Bertz CT molecular complexity index is 433. The fourth-order valence-electron chi connectivity index (χ4n) is 1.68. The minimum Gasteiger partial charge on any atom is -0.493 e. The maximum absolute atomic E-state index is 11.3. The van der Waals surface area contributed by atoms with E-state index in [0.29, 0.717) is 11.5 Å². The number of methoxy groups -OCH3 is 1. The zero-order chi connectivity index (χ0) is 14.4. The first-order valence-electron chi connectivity index (χ1n) is 6.26. The lowest BCUT2D eigenvalue weighted by Gasteiger charge is -2.19. The van der Waals surface area contributed by atoms with Crippen LogP contribution in [0.1, 0.15) is 19.4 Å². The van der Waals surface area contributed by atoms with Crippen LogP contribution in [0.25, 0.3) is 0 Å². The SMILES string of the molecule is COc1cc(C)ccc1OCC(NC(C)C)C(N)=O. The maximum atomic E-state index is 11.3. The molecule has 0 saturated heterocycles. The summed E-state index contributed by atoms with van der Waals surface area (Å²) in [7, 11) is 1.58. The van der Waals surface area contributed by atoms with Crippen LogP contribution in [0.4, 0.5) is 0 Å². The Hall–Kier alpha value is -1.75. The molecule has 5 nitrogen and oxygen atoms in total. The second-order valence-corrected chi connectivity index (χ2v) is 4.74. The lowest BCUT2D eigenvalue weighted by molar-refractivity contribution is -0.120. The number of ether oxygens (including phenoxy) is 2. The highest BCUT2D eigenvalue weighted by molar-refractivity contribution is 5.80. The first-order valence-corrected chi connectivity index (χ1v) is 6.26. The Morgan fingerprint density at radius 3 is 2.58 bits per heavy atom. The number of carbonyl (C=O) groups excluding carboxylic acids is 1. The smallest absolute Gasteiger partial charge is 0.238 e. The molecule has 0 aliphatic heterocycles. The van der Waals surface area contributed by atoms with Gasteiger partial charge in [-0.3, -0.25) is 4.79 Å². The summed E-state index contributed by atoms with van der Waals surface area (Å²) in [6.45, 7) is 6.04. The van der Waals surface area contributed by atoms with Crippen molar-refractivity contribution in [2.45, 2.75) is 32.9 Å². The molecule has 0 aromatic heterocycles. The van der Waals surface area contributed by atoms with Crippen LogP contribution in [-0.2, 0) is 4.79 Å². The Morgan fingerprint density at radius 1 is 1.37 bits per heavy atom. The van der Waals surface area contributed by atoms with Crippen molar-refractivity contribution < 1.29 is 14.3 Å². The van der Waals surface area contributed by atoms with Gasteiger partial charge in [-0.25, -0.2) is 0 Å². The lowest BCUT2D eigenvalue weighted by Crippen LogP contribution is -2.48. The molecule has 5 heteroatoms. The molecule has 0 fully saturated rings. The van der Waals surface area contributed by atoms with E-state index in [1.165, 1.54) is 0 Å². The Labute approximate surface area is 114 Å². The van der Waals surface area contributed by atoms with Crippen molar-refractivity contribution in [2.24, 2.45) is 5.73 Å². The molecule has 0 spiro atoms. The van der Waals surface area contributed by atoms with Crippen LogP contribution in [-0.4, -0.2) is 31.7 Å². The molecule has 1 unspecified atom stereocenters. The summed E-state index contributed by atoms with van der Waals surface area (Å²) in [5, 5.41) is 3.06. The molecule has 0 radical (unpaired) electrons. The number of nitrogens with one attached hydrogen (secondary N) is 1.